The first-order valence-corrected chi connectivity index (χ1v) is 9.53. The van der Waals surface area contributed by atoms with Crippen molar-refractivity contribution in [2.24, 2.45) is 0 Å². The summed E-state index contributed by atoms with van der Waals surface area (Å²) in [5.74, 6) is 4.16. The highest BCUT2D eigenvalue weighted by molar-refractivity contribution is 5.30. The number of likely N-dealkylation sites (tertiary alicyclic amines) is 1. The number of rotatable bonds is 4. The van der Waals surface area contributed by atoms with E-state index in [0.717, 1.165) is 62.8 Å². The molecule has 5 heteroatoms. The van der Waals surface area contributed by atoms with Crippen LogP contribution in [0.15, 0.2) is 30.5 Å². The van der Waals surface area contributed by atoms with Crippen LogP contribution in [0.5, 0.6) is 5.75 Å². The maximum absolute atomic E-state index is 6.29. The van der Waals surface area contributed by atoms with Crippen LogP contribution < -0.4 is 4.74 Å². The number of hydrogen-bond acceptors (Lipinski definition) is 5. The maximum atomic E-state index is 6.29. The topological polar surface area (TPSA) is 47.5 Å². The van der Waals surface area contributed by atoms with Gasteiger partial charge in [0.05, 0.1) is 12.3 Å². The van der Waals surface area contributed by atoms with Gasteiger partial charge in [-0.05, 0) is 49.4 Å². The third-order valence-corrected chi connectivity index (χ3v) is 5.46. The first-order chi connectivity index (χ1) is 13.2. The number of nitrogens with zero attached hydrogens (tertiary/aromatic N) is 3. The predicted octanol–water partition coefficient (Wildman–Crippen LogP) is 2.86. The fourth-order valence-electron chi connectivity index (χ4n) is 4.07. The zero-order chi connectivity index (χ0) is 18.7. The number of fused-ring (bicyclic) bond motifs is 2. The fourth-order valence-corrected chi connectivity index (χ4v) is 4.07. The number of aryl methyl sites for hydroxylation is 1. The average Bonchev–Trinajstić information content (AvgIpc) is 2.69. The molecule has 4 rings (SSSR count). The van der Waals surface area contributed by atoms with Gasteiger partial charge in [0.25, 0.3) is 0 Å². The molecule has 5 nitrogen and oxygen atoms in total. The Morgan fingerprint density at radius 1 is 1.33 bits per heavy atom. The van der Waals surface area contributed by atoms with Crippen LogP contribution in [0.4, 0.5) is 0 Å². The first kappa shape index (κ1) is 18.0. The van der Waals surface area contributed by atoms with Crippen LogP contribution >= 0.6 is 0 Å². The highest BCUT2D eigenvalue weighted by atomic mass is 16.5. The quantitative estimate of drug-likeness (QED) is 0.782. The molecular formula is C22H25N3O2. The minimum atomic E-state index is -0.241. The summed E-state index contributed by atoms with van der Waals surface area (Å²) in [4.78, 5) is 11.6. The molecule has 1 spiro atoms. The third-order valence-electron chi connectivity index (χ3n) is 5.46. The van der Waals surface area contributed by atoms with Crippen LogP contribution in [-0.2, 0) is 23.3 Å². The number of piperidine rings is 1. The Bertz CT molecular complexity index is 851. The van der Waals surface area contributed by atoms with Crippen LogP contribution in [0.3, 0.4) is 0 Å². The number of aromatic nitrogens is 2. The first-order valence-electron chi connectivity index (χ1n) is 9.53. The van der Waals surface area contributed by atoms with E-state index in [2.05, 4.69) is 27.9 Å². The molecule has 27 heavy (non-hydrogen) atoms. The van der Waals surface area contributed by atoms with Crippen LogP contribution in [0.1, 0.15) is 35.5 Å². The van der Waals surface area contributed by atoms with Crippen molar-refractivity contribution in [3.63, 3.8) is 0 Å². The van der Waals surface area contributed by atoms with Crippen LogP contribution in [0.2, 0.25) is 0 Å². The molecule has 0 radical (unpaired) electrons. The minimum absolute atomic E-state index is 0.241. The van der Waals surface area contributed by atoms with Crippen molar-refractivity contribution in [3.8, 4) is 18.1 Å². The molecule has 0 saturated carbocycles. The molecule has 3 heterocycles. The molecule has 2 aliphatic heterocycles. The summed E-state index contributed by atoms with van der Waals surface area (Å²) >= 11 is 0. The standard InChI is InChI=1S/C22H25N3O2/c1-3-12-26-20-6-4-5-18(14-20)16-25-10-8-22(9-11-25)21-19(7-13-27-22)15-23-17(2)24-21/h1,4-6,14-15H,7-13,16H2,2H3. The normalized spacial score (nSPS) is 18.7. The Labute approximate surface area is 160 Å². The summed E-state index contributed by atoms with van der Waals surface area (Å²) in [6.07, 6.45) is 10.1. The number of ether oxygens (including phenoxy) is 2. The van der Waals surface area contributed by atoms with Gasteiger partial charge in [-0.1, -0.05) is 18.1 Å². The summed E-state index contributed by atoms with van der Waals surface area (Å²) in [7, 11) is 0. The van der Waals surface area contributed by atoms with Crippen LogP contribution in [0, 0.1) is 19.3 Å². The maximum Gasteiger partial charge on any atom is 0.148 e. The van der Waals surface area contributed by atoms with Crippen molar-refractivity contribution >= 4 is 0 Å². The summed E-state index contributed by atoms with van der Waals surface area (Å²) in [5, 5.41) is 0. The molecule has 1 aromatic carbocycles. The van der Waals surface area contributed by atoms with E-state index in [9.17, 15) is 0 Å². The Balaban J connectivity index is 1.43. The van der Waals surface area contributed by atoms with Gasteiger partial charge in [0, 0.05) is 25.8 Å². The Morgan fingerprint density at radius 3 is 3.00 bits per heavy atom. The van der Waals surface area contributed by atoms with E-state index in [-0.39, 0.29) is 5.60 Å². The molecule has 0 atom stereocenters. The summed E-state index contributed by atoms with van der Waals surface area (Å²) in [5.41, 5.74) is 3.36. The number of terminal acetylenes is 1. The molecule has 0 bridgehead atoms. The van der Waals surface area contributed by atoms with Crippen molar-refractivity contribution in [2.45, 2.75) is 38.3 Å². The molecule has 0 amide bonds. The molecule has 1 saturated heterocycles. The van der Waals surface area contributed by atoms with E-state index in [4.69, 9.17) is 20.9 Å². The van der Waals surface area contributed by atoms with E-state index in [1.54, 1.807) is 0 Å². The Hall–Kier alpha value is -2.42. The monoisotopic (exact) mass is 363 g/mol. The molecule has 2 aliphatic rings. The molecule has 140 valence electrons. The van der Waals surface area contributed by atoms with E-state index >= 15 is 0 Å². The van der Waals surface area contributed by atoms with Gasteiger partial charge < -0.3 is 9.47 Å². The average molecular weight is 363 g/mol. The van der Waals surface area contributed by atoms with E-state index in [1.807, 2.05) is 25.3 Å². The lowest BCUT2D eigenvalue weighted by atomic mass is 9.83. The van der Waals surface area contributed by atoms with Crippen molar-refractivity contribution < 1.29 is 9.47 Å². The van der Waals surface area contributed by atoms with E-state index in [1.165, 1.54) is 11.1 Å². The third kappa shape index (κ3) is 3.83. The highest BCUT2D eigenvalue weighted by Gasteiger charge is 2.42. The molecule has 1 fully saturated rings. The highest BCUT2D eigenvalue weighted by Crippen LogP contribution is 2.40. The zero-order valence-corrected chi connectivity index (χ0v) is 15.8. The largest absolute Gasteiger partial charge is 0.481 e. The fraction of sp³-hybridized carbons (Fsp3) is 0.455. The molecule has 2 aromatic rings. The van der Waals surface area contributed by atoms with Gasteiger partial charge in [-0.3, -0.25) is 4.90 Å². The molecule has 0 N–H and O–H groups in total. The van der Waals surface area contributed by atoms with Gasteiger partial charge in [0.15, 0.2) is 0 Å². The van der Waals surface area contributed by atoms with Gasteiger partial charge in [-0.2, -0.15) is 0 Å². The molecular weight excluding hydrogens is 338 g/mol. The zero-order valence-electron chi connectivity index (χ0n) is 15.8. The SMILES string of the molecule is C#CCOc1cccc(CN2CCC3(CC2)OCCc2cnc(C)nc23)c1. The summed E-state index contributed by atoms with van der Waals surface area (Å²) in [6.45, 7) is 5.88. The number of hydrogen-bond donors (Lipinski definition) is 0. The van der Waals surface area contributed by atoms with Gasteiger partial charge >= 0.3 is 0 Å². The van der Waals surface area contributed by atoms with E-state index in [0.29, 0.717) is 6.61 Å². The van der Waals surface area contributed by atoms with Crippen molar-refractivity contribution in [3.05, 3.63) is 53.1 Å². The summed E-state index contributed by atoms with van der Waals surface area (Å²) < 4.78 is 11.8. The number of benzene rings is 1. The molecule has 1 aromatic heterocycles. The molecule has 0 unspecified atom stereocenters. The van der Waals surface area contributed by atoms with Gasteiger partial charge in [0.1, 0.15) is 23.8 Å². The van der Waals surface area contributed by atoms with Crippen molar-refractivity contribution in [1.82, 2.24) is 14.9 Å². The predicted molar refractivity (Wildman–Crippen MR) is 103 cm³/mol. The Kier molecular flexibility index (Phi) is 5.11. The minimum Gasteiger partial charge on any atom is -0.481 e. The van der Waals surface area contributed by atoms with Crippen molar-refractivity contribution in [1.29, 1.82) is 0 Å². The Morgan fingerprint density at radius 2 is 2.19 bits per heavy atom. The summed E-state index contributed by atoms with van der Waals surface area (Å²) in [6, 6.07) is 8.18. The van der Waals surface area contributed by atoms with Crippen molar-refractivity contribution in [2.75, 3.05) is 26.3 Å². The van der Waals surface area contributed by atoms with Crippen LogP contribution in [0.25, 0.3) is 0 Å². The van der Waals surface area contributed by atoms with Gasteiger partial charge in [-0.25, -0.2) is 9.97 Å². The van der Waals surface area contributed by atoms with Gasteiger partial charge in [0.2, 0.25) is 0 Å². The van der Waals surface area contributed by atoms with E-state index < -0.39 is 0 Å². The van der Waals surface area contributed by atoms with Gasteiger partial charge in [-0.15, -0.1) is 6.42 Å². The lowest BCUT2D eigenvalue weighted by Gasteiger charge is -2.44. The lowest BCUT2D eigenvalue weighted by molar-refractivity contribution is -0.102. The smallest absolute Gasteiger partial charge is 0.148 e. The lowest BCUT2D eigenvalue weighted by Crippen LogP contribution is -2.47. The second-order valence-corrected chi connectivity index (χ2v) is 7.30. The second-order valence-electron chi connectivity index (χ2n) is 7.30. The van der Waals surface area contributed by atoms with Crippen LogP contribution in [-0.4, -0.2) is 41.2 Å². The second kappa shape index (κ2) is 7.67. The molecule has 0 aliphatic carbocycles.